The molecule has 4 aromatic carbocycles. The molecule has 2 aliphatic carbocycles. The fourth-order valence-electron chi connectivity index (χ4n) is 6.39. The normalized spacial score (nSPS) is 15.5. The van der Waals surface area contributed by atoms with E-state index in [1.807, 2.05) is 0 Å². The van der Waals surface area contributed by atoms with Crippen LogP contribution >= 0.6 is 0 Å². The van der Waals surface area contributed by atoms with Crippen LogP contribution in [0.25, 0.3) is 54.9 Å². The summed E-state index contributed by atoms with van der Waals surface area (Å²) in [4.78, 5) is 3.80. The zero-order valence-electron chi connectivity index (χ0n) is 18.9. The molecule has 2 nitrogen and oxygen atoms in total. The Morgan fingerprint density at radius 2 is 1.50 bits per heavy atom. The quantitative estimate of drug-likeness (QED) is 0.282. The predicted molar refractivity (Wildman–Crippen MR) is 144 cm³/mol. The van der Waals surface area contributed by atoms with Crippen LogP contribution in [0.4, 0.5) is 0 Å². The number of aromatic nitrogens is 2. The summed E-state index contributed by atoms with van der Waals surface area (Å²) in [6.07, 6.45) is 9.02. The molecule has 2 aromatic heterocycles. The molecular weight excluding hydrogens is 412 g/mol. The Balaban J connectivity index is 1.49. The molecule has 0 bridgehead atoms. The monoisotopic (exact) mass is 436 g/mol. The summed E-state index contributed by atoms with van der Waals surface area (Å²) in [7, 11) is 0. The van der Waals surface area contributed by atoms with Gasteiger partial charge in [0.1, 0.15) is 0 Å². The van der Waals surface area contributed by atoms with Crippen molar-refractivity contribution in [2.45, 2.75) is 25.7 Å². The highest BCUT2D eigenvalue weighted by Crippen LogP contribution is 2.45. The molecule has 0 spiro atoms. The Bertz CT molecular complexity index is 1840. The minimum absolute atomic E-state index is 1.04. The lowest BCUT2D eigenvalue weighted by Crippen LogP contribution is -2.01. The van der Waals surface area contributed by atoms with Gasteiger partial charge in [-0.25, -0.2) is 0 Å². The molecule has 8 rings (SSSR count). The van der Waals surface area contributed by atoms with Gasteiger partial charge < -0.3 is 9.55 Å². The Labute approximate surface area is 197 Å². The van der Waals surface area contributed by atoms with Crippen molar-refractivity contribution >= 4 is 54.9 Å². The molecule has 2 heteroatoms. The van der Waals surface area contributed by atoms with Gasteiger partial charge in [0.15, 0.2) is 0 Å². The third kappa shape index (κ3) is 2.40. The van der Waals surface area contributed by atoms with Crippen LogP contribution in [0.3, 0.4) is 0 Å². The van der Waals surface area contributed by atoms with Crippen LogP contribution in [0.15, 0.2) is 91.0 Å². The SMILES string of the molecule is C1=C(c2ccccc2)CCC(n2c3cccc4c3c3c(cc5c6ccccc6[nH]c5c32)CC4)=C1. The maximum atomic E-state index is 3.80. The molecule has 0 atom stereocenters. The summed E-state index contributed by atoms with van der Waals surface area (Å²) in [6.45, 7) is 0. The second-order valence-electron chi connectivity index (χ2n) is 9.72. The smallest absolute Gasteiger partial charge is 0.0783 e. The van der Waals surface area contributed by atoms with Crippen LogP contribution in [-0.2, 0) is 12.8 Å². The van der Waals surface area contributed by atoms with E-state index >= 15 is 0 Å². The van der Waals surface area contributed by atoms with E-state index in [2.05, 4.69) is 101 Å². The summed E-state index contributed by atoms with van der Waals surface area (Å²) in [6, 6.07) is 28.9. The van der Waals surface area contributed by atoms with E-state index in [-0.39, 0.29) is 0 Å². The van der Waals surface area contributed by atoms with Gasteiger partial charge in [-0.15, -0.1) is 0 Å². The van der Waals surface area contributed by atoms with Gasteiger partial charge in [0, 0.05) is 32.8 Å². The zero-order valence-corrected chi connectivity index (χ0v) is 18.9. The van der Waals surface area contributed by atoms with E-state index in [4.69, 9.17) is 0 Å². The van der Waals surface area contributed by atoms with Crippen molar-refractivity contribution in [2.24, 2.45) is 0 Å². The summed E-state index contributed by atoms with van der Waals surface area (Å²) < 4.78 is 2.57. The summed E-state index contributed by atoms with van der Waals surface area (Å²) in [5.74, 6) is 0. The zero-order chi connectivity index (χ0) is 22.2. The van der Waals surface area contributed by atoms with E-state index in [9.17, 15) is 0 Å². The highest BCUT2D eigenvalue weighted by Gasteiger charge is 2.25. The average Bonchev–Trinajstić information content (AvgIpc) is 3.45. The number of aryl methyl sites for hydroxylation is 2. The van der Waals surface area contributed by atoms with Gasteiger partial charge >= 0.3 is 0 Å². The van der Waals surface area contributed by atoms with E-state index in [0.717, 1.165) is 25.7 Å². The van der Waals surface area contributed by atoms with Crippen molar-refractivity contribution in [2.75, 3.05) is 0 Å². The van der Waals surface area contributed by atoms with Crippen molar-refractivity contribution in [3.63, 3.8) is 0 Å². The van der Waals surface area contributed by atoms with Crippen molar-refractivity contribution in [3.05, 3.63) is 108 Å². The fraction of sp³-hybridized carbons (Fsp3) is 0.125. The Morgan fingerprint density at radius 3 is 2.38 bits per heavy atom. The molecule has 0 unspecified atom stereocenters. The van der Waals surface area contributed by atoms with Gasteiger partial charge in [-0.3, -0.25) is 0 Å². The number of aromatic amines is 1. The predicted octanol–water partition coefficient (Wildman–Crippen LogP) is 8.25. The van der Waals surface area contributed by atoms with Crippen LogP contribution in [0, 0.1) is 0 Å². The van der Waals surface area contributed by atoms with E-state index in [0.29, 0.717) is 0 Å². The van der Waals surface area contributed by atoms with E-state index in [1.54, 1.807) is 0 Å². The first-order valence-corrected chi connectivity index (χ1v) is 12.3. The number of nitrogens with zero attached hydrogens (tertiary/aromatic N) is 1. The number of allylic oxidation sites excluding steroid dienone is 4. The summed E-state index contributed by atoms with van der Waals surface area (Å²) in [5, 5.41) is 5.58. The van der Waals surface area contributed by atoms with Gasteiger partial charge in [-0.05, 0) is 72.2 Å². The number of hydrogen-bond donors (Lipinski definition) is 1. The molecule has 1 N–H and O–H groups in total. The molecule has 0 fully saturated rings. The number of hydrogen-bond acceptors (Lipinski definition) is 0. The molecule has 0 saturated heterocycles. The van der Waals surface area contributed by atoms with Crippen molar-refractivity contribution in [1.82, 2.24) is 9.55 Å². The highest BCUT2D eigenvalue weighted by atomic mass is 15.0. The molecule has 0 saturated carbocycles. The maximum absolute atomic E-state index is 3.80. The van der Waals surface area contributed by atoms with Crippen LogP contribution in [-0.4, -0.2) is 9.55 Å². The third-order valence-corrected chi connectivity index (χ3v) is 7.93. The molecule has 34 heavy (non-hydrogen) atoms. The number of para-hydroxylation sites is 1. The molecule has 0 aliphatic heterocycles. The van der Waals surface area contributed by atoms with E-state index in [1.165, 1.54) is 71.6 Å². The first-order chi connectivity index (χ1) is 16.9. The standard InChI is InChI=1S/C32H24N2/c1-2-7-20(8-3-1)21-15-17-24(18-16-21)34-28-12-6-9-22-13-14-23-19-26-25-10-4-5-11-27(25)33-31(26)32(34)30(23)29(22)28/h1-12,15,17,19,33H,13-14,16,18H2. The summed E-state index contributed by atoms with van der Waals surface area (Å²) >= 11 is 0. The van der Waals surface area contributed by atoms with Gasteiger partial charge in [-0.1, -0.05) is 66.7 Å². The van der Waals surface area contributed by atoms with Gasteiger partial charge in [0.25, 0.3) is 0 Å². The third-order valence-electron chi connectivity index (χ3n) is 7.93. The minimum Gasteiger partial charge on any atom is -0.353 e. The molecule has 0 radical (unpaired) electrons. The Hall–Kier alpha value is -4.04. The summed E-state index contributed by atoms with van der Waals surface area (Å²) in [5.41, 5.74) is 12.3. The first-order valence-electron chi connectivity index (χ1n) is 12.3. The maximum Gasteiger partial charge on any atom is 0.0783 e. The topological polar surface area (TPSA) is 20.7 Å². The number of benzene rings is 4. The lowest BCUT2D eigenvalue weighted by Gasteiger charge is -2.18. The number of rotatable bonds is 2. The largest absolute Gasteiger partial charge is 0.353 e. The lowest BCUT2D eigenvalue weighted by molar-refractivity contribution is 0.971. The molecular formula is C32H24N2. The Morgan fingerprint density at radius 1 is 0.647 bits per heavy atom. The molecule has 162 valence electrons. The van der Waals surface area contributed by atoms with Crippen LogP contribution < -0.4 is 0 Å². The molecule has 0 amide bonds. The number of fused-ring (bicyclic) bond motifs is 4. The molecule has 2 aliphatic rings. The molecule has 6 aromatic rings. The fourth-order valence-corrected chi connectivity index (χ4v) is 6.39. The number of nitrogens with one attached hydrogen (secondary N) is 1. The second-order valence-corrected chi connectivity index (χ2v) is 9.72. The van der Waals surface area contributed by atoms with Crippen molar-refractivity contribution in [3.8, 4) is 0 Å². The Kier molecular flexibility index (Phi) is 3.65. The molecule has 2 heterocycles. The van der Waals surface area contributed by atoms with Crippen LogP contribution in [0.1, 0.15) is 29.5 Å². The van der Waals surface area contributed by atoms with Gasteiger partial charge in [0.05, 0.1) is 16.6 Å². The minimum atomic E-state index is 1.04. The number of H-pyrrole nitrogens is 1. The highest BCUT2D eigenvalue weighted by molar-refractivity contribution is 6.25. The van der Waals surface area contributed by atoms with Gasteiger partial charge in [-0.2, -0.15) is 0 Å². The lowest BCUT2D eigenvalue weighted by atomic mass is 9.90. The van der Waals surface area contributed by atoms with Crippen LogP contribution in [0.2, 0.25) is 0 Å². The average molecular weight is 437 g/mol. The van der Waals surface area contributed by atoms with E-state index < -0.39 is 0 Å². The van der Waals surface area contributed by atoms with Crippen LogP contribution in [0.5, 0.6) is 0 Å². The van der Waals surface area contributed by atoms with Gasteiger partial charge in [0.2, 0.25) is 0 Å². The second kappa shape index (κ2) is 6.74. The first kappa shape index (κ1) is 18.4. The van der Waals surface area contributed by atoms with Crippen molar-refractivity contribution in [1.29, 1.82) is 0 Å². The van der Waals surface area contributed by atoms with Crippen molar-refractivity contribution < 1.29 is 0 Å².